The van der Waals surface area contributed by atoms with Gasteiger partial charge in [-0.25, -0.2) is 0 Å². The van der Waals surface area contributed by atoms with E-state index in [-0.39, 0.29) is 12.7 Å². The monoisotopic (exact) mass is 202 g/mol. The lowest BCUT2D eigenvalue weighted by Crippen LogP contribution is -2.37. The highest BCUT2D eigenvalue weighted by molar-refractivity contribution is 5.74. The van der Waals surface area contributed by atoms with Crippen molar-refractivity contribution in [3.63, 3.8) is 0 Å². The maximum Gasteiger partial charge on any atom is 0.243 e. The smallest absolute Gasteiger partial charge is 0.243 e. The van der Waals surface area contributed by atoms with Gasteiger partial charge in [-0.1, -0.05) is 0 Å². The standard InChI is InChI=1S/C9H18N2O3/c1-7-8(2-4-14-7)11-3-5-13-6-9(10)12/h7-8,11H,2-6H2,1H3,(H2,10,12). The Morgan fingerprint density at radius 1 is 1.71 bits per heavy atom. The number of primary amides is 1. The zero-order chi connectivity index (χ0) is 10.4. The quantitative estimate of drug-likeness (QED) is 0.556. The van der Waals surface area contributed by atoms with Crippen LogP contribution in [0.4, 0.5) is 0 Å². The van der Waals surface area contributed by atoms with Crippen LogP contribution in [0.25, 0.3) is 0 Å². The summed E-state index contributed by atoms with van der Waals surface area (Å²) in [7, 11) is 0. The molecular weight excluding hydrogens is 184 g/mol. The topological polar surface area (TPSA) is 73.6 Å². The number of hydrogen-bond acceptors (Lipinski definition) is 4. The van der Waals surface area contributed by atoms with Crippen molar-refractivity contribution < 1.29 is 14.3 Å². The van der Waals surface area contributed by atoms with E-state index in [4.69, 9.17) is 15.2 Å². The maximum atomic E-state index is 10.3. The average molecular weight is 202 g/mol. The average Bonchev–Trinajstić information content (AvgIpc) is 2.51. The summed E-state index contributed by atoms with van der Waals surface area (Å²) in [6.45, 7) is 4.10. The molecule has 1 aliphatic rings. The van der Waals surface area contributed by atoms with Gasteiger partial charge in [0, 0.05) is 19.2 Å². The minimum atomic E-state index is -0.428. The minimum absolute atomic E-state index is 0.00159. The molecule has 1 fully saturated rings. The molecule has 14 heavy (non-hydrogen) atoms. The molecule has 0 spiro atoms. The third-order valence-electron chi connectivity index (χ3n) is 2.27. The number of nitrogens with one attached hydrogen (secondary N) is 1. The molecule has 1 saturated heterocycles. The van der Waals surface area contributed by atoms with Crippen molar-refractivity contribution in [3.05, 3.63) is 0 Å². The fraction of sp³-hybridized carbons (Fsp3) is 0.889. The first-order valence-electron chi connectivity index (χ1n) is 4.91. The molecule has 0 bridgehead atoms. The second-order valence-corrected chi connectivity index (χ2v) is 3.44. The molecule has 0 saturated carbocycles. The Hall–Kier alpha value is -0.650. The van der Waals surface area contributed by atoms with Crippen LogP contribution in [0.15, 0.2) is 0 Å². The second-order valence-electron chi connectivity index (χ2n) is 3.44. The van der Waals surface area contributed by atoms with Gasteiger partial charge in [-0.05, 0) is 13.3 Å². The van der Waals surface area contributed by atoms with Crippen LogP contribution in [0.2, 0.25) is 0 Å². The Kier molecular flexibility index (Phi) is 4.86. The van der Waals surface area contributed by atoms with Crippen LogP contribution in [0.5, 0.6) is 0 Å². The Balaban J connectivity index is 1.95. The van der Waals surface area contributed by atoms with Crippen molar-refractivity contribution >= 4 is 5.91 Å². The first kappa shape index (κ1) is 11.4. The highest BCUT2D eigenvalue weighted by Gasteiger charge is 2.22. The number of carbonyl (C=O) groups is 1. The summed E-state index contributed by atoms with van der Waals surface area (Å²) < 4.78 is 10.4. The largest absolute Gasteiger partial charge is 0.377 e. The van der Waals surface area contributed by atoms with Crippen LogP contribution in [0.3, 0.4) is 0 Å². The second kappa shape index (κ2) is 5.95. The summed E-state index contributed by atoms with van der Waals surface area (Å²) in [4.78, 5) is 10.3. The highest BCUT2D eigenvalue weighted by atomic mass is 16.5. The normalized spacial score (nSPS) is 26.6. The van der Waals surface area contributed by atoms with Gasteiger partial charge in [-0.2, -0.15) is 0 Å². The lowest BCUT2D eigenvalue weighted by atomic mass is 10.1. The highest BCUT2D eigenvalue weighted by Crippen LogP contribution is 2.11. The van der Waals surface area contributed by atoms with Crippen LogP contribution >= 0.6 is 0 Å². The summed E-state index contributed by atoms with van der Waals surface area (Å²) in [6, 6.07) is 0.409. The van der Waals surface area contributed by atoms with Gasteiger partial charge in [0.2, 0.25) is 5.91 Å². The molecule has 0 radical (unpaired) electrons. The van der Waals surface area contributed by atoms with Crippen molar-refractivity contribution in [3.8, 4) is 0 Å². The van der Waals surface area contributed by atoms with Gasteiger partial charge in [-0.15, -0.1) is 0 Å². The van der Waals surface area contributed by atoms with E-state index in [0.29, 0.717) is 12.6 Å². The molecule has 5 heteroatoms. The lowest BCUT2D eigenvalue weighted by Gasteiger charge is -2.15. The number of hydrogen-bond donors (Lipinski definition) is 2. The van der Waals surface area contributed by atoms with E-state index in [0.717, 1.165) is 19.6 Å². The molecule has 0 aromatic carbocycles. The molecule has 2 unspecified atom stereocenters. The molecule has 5 nitrogen and oxygen atoms in total. The summed E-state index contributed by atoms with van der Waals surface area (Å²) in [6.07, 6.45) is 1.31. The predicted octanol–water partition coefficient (Wildman–Crippen LogP) is -0.745. The van der Waals surface area contributed by atoms with Crippen LogP contribution in [0, 0.1) is 0 Å². The van der Waals surface area contributed by atoms with Crippen LogP contribution < -0.4 is 11.1 Å². The third kappa shape index (κ3) is 4.04. The van der Waals surface area contributed by atoms with Gasteiger partial charge in [0.1, 0.15) is 6.61 Å². The van der Waals surface area contributed by atoms with Crippen LogP contribution in [0.1, 0.15) is 13.3 Å². The van der Waals surface area contributed by atoms with Gasteiger partial charge in [0.15, 0.2) is 0 Å². The van der Waals surface area contributed by atoms with Crippen molar-refractivity contribution in [2.45, 2.75) is 25.5 Å². The van der Waals surface area contributed by atoms with Gasteiger partial charge < -0.3 is 20.5 Å². The van der Waals surface area contributed by atoms with Crippen molar-refractivity contribution in [1.82, 2.24) is 5.32 Å². The molecule has 82 valence electrons. The van der Waals surface area contributed by atoms with Gasteiger partial charge >= 0.3 is 0 Å². The van der Waals surface area contributed by atoms with E-state index in [1.165, 1.54) is 0 Å². The molecule has 0 aromatic heterocycles. The SMILES string of the molecule is CC1OCCC1NCCOCC(N)=O. The van der Waals surface area contributed by atoms with Gasteiger partial charge in [0.25, 0.3) is 0 Å². The minimum Gasteiger partial charge on any atom is -0.377 e. The molecule has 2 atom stereocenters. The molecule has 1 heterocycles. The first-order chi connectivity index (χ1) is 6.70. The Morgan fingerprint density at radius 3 is 3.07 bits per heavy atom. The fourth-order valence-electron chi connectivity index (χ4n) is 1.49. The summed E-state index contributed by atoms with van der Waals surface area (Å²) >= 11 is 0. The van der Waals surface area contributed by atoms with Crippen molar-refractivity contribution in [2.75, 3.05) is 26.4 Å². The lowest BCUT2D eigenvalue weighted by molar-refractivity contribution is -0.122. The summed E-state index contributed by atoms with van der Waals surface area (Å²) in [5.41, 5.74) is 4.91. The van der Waals surface area contributed by atoms with Gasteiger partial charge in [0.05, 0.1) is 12.7 Å². The molecule has 1 aliphatic heterocycles. The van der Waals surface area contributed by atoms with Crippen LogP contribution in [-0.2, 0) is 14.3 Å². The molecule has 0 aliphatic carbocycles. The van der Waals surface area contributed by atoms with E-state index in [2.05, 4.69) is 12.2 Å². The van der Waals surface area contributed by atoms with E-state index in [9.17, 15) is 4.79 Å². The maximum absolute atomic E-state index is 10.3. The Morgan fingerprint density at radius 2 is 2.50 bits per heavy atom. The Labute approximate surface area is 83.9 Å². The number of carbonyl (C=O) groups excluding carboxylic acids is 1. The summed E-state index contributed by atoms with van der Waals surface area (Å²) in [5, 5.41) is 3.30. The molecule has 3 N–H and O–H groups in total. The van der Waals surface area contributed by atoms with E-state index >= 15 is 0 Å². The van der Waals surface area contributed by atoms with Crippen LogP contribution in [-0.4, -0.2) is 44.4 Å². The number of amides is 1. The number of ether oxygens (including phenoxy) is 2. The predicted molar refractivity (Wildman–Crippen MR) is 51.8 cm³/mol. The molecule has 0 aromatic rings. The first-order valence-corrected chi connectivity index (χ1v) is 4.91. The molecular formula is C9H18N2O3. The molecule has 1 amide bonds. The van der Waals surface area contributed by atoms with E-state index in [1.54, 1.807) is 0 Å². The van der Waals surface area contributed by atoms with Crippen molar-refractivity contribution in [2.24, 2.45) is 5.73 Å². The zero-order valence-electron chi connectivity index (χ0n) is 8.49. The Bertz CT molecular complexity index is 187. The zero-order valence-corrected chi connectivity index (χ0v) is 8.49. The summed E-state index contributed by atoms with van der Waals surface area (Å²) in [5.74, 6) is -0.428. The van der Waals surface area contributed by atoms with E-state index in [1.807, 2.05) is 0 Å². The van der Waals surface area contributed by atoms with Gasteiger partial charge in [-0.3, -0.25) is 4.79 Å². The third-order valence-corrected chi connectivity index (χ3v) is 2.27. The molecule has 1 rings (SSSR count). The van der Waals surface area contributed by atoms with Crippen molar-refractivity contribution in [1.29, 1.82) is 0 Å². The number of nitrogens with two attached hydrogens (primary N) is 1. The fourth-order valence-corrected chi connectivity index (χ4v) is 1.49. The van der Waals surface area contributed by atoms with E-state index < -0.39 is 5.91 Å². The number of rotatable bonds is 6.